The minimum atomic E-state index is -0.871. The number of hydrogen-bond donors (Lipinski definition) is 2. The Balaban J connectivity index is 2.24. The molecule has 1 aliphatic rings. The summed E-state index contributed by atoms with van der Waals surface area (Å²) in [7, 11) is 0. The molecular weight excluding hydrogens is 182 g/mol. The van der Waals surface area contributed by atoms with Crippen LogP contribution < -0.4 is 5.32 Å². The van der Waals surface area contributed by atoms with Crippen LogP contribution in [0.5, 0.6) is 0 Å². The number of hydrogen-bond acceptors (Lipinski definition) is 2. The van der Waals surface area contributed by atoms with E-state index in [-0.39, 0.29) is 24.8 Å². The minimum absolute atomic E-state index is 0.00679. The zero-order chi connectivity index (χ0) is 10.6. The maximum absolute atomic E-state index is 11.5. The van der Waals surface area contributed by atoms with Gasteiger partial charge >= 0.3 is 5.97 Å². The molecule has 14 heavy (non-hydrogen) atoms. The molecule has 2 N–H and O–H groups in total. The largest absolute Gasteiger partial charge is 0.481 e. The van der Waals surface area contributed by atoms with Crippen LogP contribution in [0.2, 0.25) is 0 Å². The Labute approximate surface area is 83.7 Å². The summed E-state index contributed by atoms with van der Waals surface area (Å²) in [5.41, 5.74) is 0. The summed E-state index contributed by atoms with van der Waals surface area (Å²) in [5, 5.41) is 11.1. The van der Waals surface area contributed by atoms with Gasteiger partial charge in [-0.1, -0.05) is 13.3 Å². The van der Waals surface area contributed by atoms with Gasteiger partial charge in [-0.15, -0.1) is 0 Å². The second-order valence-corrected chi connectivity index (χ2v) is 3.95. The normalized spacial score (nSPS) is 26.1. The van der Waals surface area contributed by atoms with E-state index in [2.05, 4.69) is 12.2 Å². The van der Waals surface area contributed by atoms with E-state index in [1.807, 2.05) is 0 Å². The van der Waals surface area contributed by atoms with Crippen LogP contribution in [0.1, 0.15) is 32.6 Å². The molecule has 2 atom stereocenters. The number of carbonyl (C=O) groups excluding carboxylic acids is 1. The van der Waals surface area contributed by atoms with E-state index >= 15 is 0 Å². The molecule has 4 heteroatoms. The van der Waals surface area contributed by atoms with Crippen molar-refractivity contribution in [2.75, 3.05) is 6.54 Å². The predicted octanol–water partition coefficient (Wildman–Crippen LogP) is 1.01. The second-order valence-electron chi connectivity index (χ2n) is 3.95. The van der Waals surface area contributed by atoms with Gasteiger partial charge in [0, 0.05) is 12.5 Å². The van der Waals surface area contributed by atoms with Gasteiger partial charge in [-0.25, -0.2) is 0 Å². The number of rotatable bonds is 4. The molecule has 1 aliphatic carbocycles. The zero-order valence-electron chi connectivity index (χ0n) is 8.45. The number of nitrogens with one attached hydrogen (secondary N) is 1. The monoisotopic (exact) mass is 199 g/mol. The van der Waals surface area contributed by atoms with Crippen molar-refractivity contribution in [2.45, 2.75) is 32.6 Å². The van der Waals surface area contributed by atoms with Crippen LogP contribution in [0.25, 0.3) is 0 Å². The molecule has 0 aromatic heterocycles. The molecule has 0 saturated heterocycles. The molecule has 0 heterocycles. The molecular formula is C10H17NO3. The maximum Gasteiger partial charge on any atom is 0.305 e. The van der Waals surface area contributed by atoms with Crippen molar-refractivity contribution < 1.29 is 14.7 Å². The van der Waals surface area contributed by atoms with Crippen LogP contribution in [0.4, 0.5) is 0 Å². The highest BCUT2D eigenvalue weighted by molar-refractivity contribution is 5.79. The van der Waals surface area contributed by atoms with E-state index in [4.69, 9.17) is 5.11 Å². The fourth-order valence-corrected chi connectivity index (χ4v) is 1.96. The second kappa shape index (κ2) is 4.98. The number of carbonyl (C=O) groups is 2. The van der Waals surface area contributed by atoms with Gasteiger partial charge in [-0.3, -0.25) is 9.59 Å². The lowest BCUT2D eigenvalue weighted by atomic mass is 9.97. The maximum atomic E-state index is 11.5. The summed E-state index contributed by atoms with van der Waals surface area (Å²) in [6.45, 7) is 2.33. The molecule has 2 unspecified atom stereocenters. The molecule has 0 aliphatic heterocycles. The van der Waals surface area contributed by atoms with Crippen molar-refractivity contribution in [3.05, 3.63) is 0 Å². The molecule has 0 aromatic carbocycles. The van der Waals surface area contributed by atoms with E-state index in [1.54, 1.807) is 0 Å². The van der Waals surface area contributed by atoms with Crippen LogP contribution in [0.15, 0.2) is 0 Å². The Morgan fingerprint density at radius 3 is 2.64 bits per heavy atom. The average Bonchev–Trinajstić information content (AvgIpc) is 2.50. The van der Waals surface area contributed by atoms with E-state index in [1.165, 1.54) is 0 Å². The third kappa shape index (κ3) is 3.01. The van der Waals surface area contributed by atoms with Crippen LogP contribution >= 0.6 is 0 Å². The van der Waals surface area contributed by atoms with Crippen molar-refractivity contribution in [3.8, 4) is 0 Å². The minimum Gasteiger partial charge on any atom is -0.481 e. The molecule has 1 fully saturated rings. The van der Waals surface area contributed by atoms with E-state index in [0.29, 0.717) is 5.92 Å². The predicted molar refractivity (Wildman–Crippen MR) is 51.8 cm³/mol. The number of carboxylic acids is 1. The van der Waals surface area contributed by atoms with E-state index < -0.39 is 5.97 Å². The number of amides is 1. The third-order valence-electron chi connectivity index (χ3n) is 2.84. The van der Waals surface area contributed by atoms with Crippen molar-refractivity contribution in [1.29, 1.82) is 0 Å². The summed E-state index contributed by atoms with van der Waals surface area (Å²) < 4.78 is 0. The first-order valence-corrected chi connectivity index (χ1v) is 5.10. The van der Waals surface area contributed by atoms with Crippen molar-refractivity contribution in [3.63, 3.8) is 0 Å². The molecule has 0 bridgehead atoms. The van der Waals surface area contributed by atoms with Gasteiger partial charge in [-0.2, -0.15) is 0 Å². The van der Waals surface area contributed by atoms with E-state index in [0.717, 1.165) is 19.3 Å². The highest BCUT2D eigenvalue weighted by atomic mass is 16.4. The Morgan fingerprint density at radius 2 is 2.14 bits per heavy atom. The van der Waals surface area contributed by atoms with Gasteiger partial charge in [0.25, 0.3) is 0 Å². The first-order chi connectivity index (χ1) is 6.61. The number of carboxylic acid groups (broad SMARTS) is 1. The standard InChI is InChI=1S/C10H17NO3/c1-7-3-2-4-8(7)10(14)11-6-5-9(12)13/h7-8H,2-6H2,1H3,(H,11,14)(H,12,13). The lowest BCUT2D eigenvalue weighted by Crippen LogP contribution is -2.33. The van der Waals surface area contributed by atoms with Gasteiger partial charge in [0.05, 0.1) is 6.42 Å². The van der Waals surface area contributed by atoms with Gasteiger partial charge in [-0.05, 0) is 18.8 Å². The summed E-state index contributed by atoms with van der Waals surface area (Å²) in [6.07, 6.45) is 3.17. The zero-order valence-corrected chi connectivity index (χ0v) is 8.45. The molecule has 80 valence electrons. The highest BCUT2D eigenvalue weighted by Gasteiger charge is 2.29. The topological polar surface area (TPSA) is 66.4 Å². The summed E-state index contributed by atoms with van der Waals surface area (Å²) in [5.74, 6) is -0.301. The summed E-state index contributed by atoms with van der Waals surface area (Å²) >= 11 is 0. The quantitative estimate of drug-likeness (QED) is 0.710. The fraction of sp³-hybridized carbons (Fsp3) is 0.800. The molecule has 4 nitrogen and oxygen atoms in total. The smallest absolute Gasteiger partial charge is 0.305 e. The molecule has 1 saturated carbocycles. The SMILES string of the molecule is CC1CCCC1C(=O)NCCC(=O)O. The molecule has 0 radical (unpaired) electrons. The summed E-state index contributed by atoms with van der Waals surface area (Å²) in [6, 6.07) is 0. The van der Waals surface area contributed by atoms with E-state index in [9.17, 15) is 9.59 Å². The van der Waals surface area contributed by atoms with Crippen molar-refractivity contribution >= 4 is 11.9 Å². The molecule has 0 spiro atoms. The molecule has 0 aromatic rings. The average molecular weight is 199 g/mol. The molecule has 1 rings (SSSR count). The van der Waals surface area contributed by atoms with Gasteiger partial charge in [0.15, 0.2) is 0 Å². The Bertz CT molecular complexity index is 227. The van der Waals surface area contributed by atoms with Gasteiger partial charge < -0.3 is 10.4 Å². The first-order valence-electron chi connectivity index (χ1n) is 5.10. The van der Waals surface area contributed by atoms with Gasteiger partial charge in [0.2, 0.25) is 5.91 Å². The van der Waals surface area contributed by atoms with Gasteiger partial charge in [0.1, 0.15) is 0 Å². The van der Waals surface area contributed by atoms with Crippen molar-refractivity contribution in [1.82, 2.24) is 5.32 Å². The van der Waals surface area contributed by atoms with Crippen molar-refractivity contribution in [2.24, 2.45) is 11.8 Å². The summed E-state index contributed by atoms with van der Waals surface area (Å²) in [4.78, 5) is 21.7. The van der Waals surface area contributed by atoms with Crippen LogP contribution in [0, 0.1) is 11.8 Å². The van der Waals surface area contributed by atoms with Crippen LogP contribution in [0.3, 0.4) is 0 Å². The van der Waals surface area contributed by atoms with Crippen LogP contribution in [-0.2, 0) is 9.59 Å². The Kier molecular flexibility index (Phi) is 3.92. The highest BCUT2D eigenvalue weighted by Crippen LogP contribution is 2.30. The first kappa shape index (κ1) is 11.0. The molecule has 1 amide bonds. The number of aliphatic carboxylic acids is 1. The lowest BCUT2D eigenvalue weighted by Gasteiger charge is -2.14. The Morgan fingerprint density at radius 1 is 1.43 bits per heavy atom. The third-order valence-corrected chi connectivity index (χ3v) is 2.84. The van der Waals surface area contributed by atoms with Crippen LogP contribution in [-0.4, -0.2) is 23.5 Å². The fourth-order valence-electron chi connectivity index (χ4n) is 1.96. The Hall–Kier alpha value is -1.06. The lowest BCUT2D eigenvalue weighted by molar-refractivity contribution is -0.137.